The molecule has 1 heterocycles. The number of non-ortho nitro benzene ring substituents is 2. The van der Waals surface area contributed by atoms with E-state index in [1.54, 1.807) is 12.1 Å². The maximum atomic E-state index is 13.4. The lowest BCUT2D eigenvalue weighted by Crippen LogP contribution is -2.40. The van der Waals surface area contributed by atoms with Gasteiger partial charge in [0.25, 0.3) is 33.2 Å². The van der Waals surface area contributed by atoms with Gasteiger partial charge in [0.2, 0.25) is 0 Å². The van der Waals surface area contributed by atoms with Gasteiger partial charge in [0.15, 0.2) is 0 Å². The molecule has 0 aromatic heterocycles. The van der Waals surface area contributed by atoms with Gasteiger partial charge in [-0.05, 0) is 60.8 Å². The predicted octanol–water partition coefficient (Wildman–Crippen LogP) is 4.66. The lowest BCUT2D eigenvalue weighted by molar-refractivity contribution is -0.385. The molecule has 0 spiro atoms. The number of carbonyl (C=O) groups excluding carboxylic acids is 2. The van der Waals surface area contributed by atoms with Crippen LogP contribution in [0.3, 0.4) is 0 Å². The second-order valence-electron chi connectivity index (χ2n) is 8.60. The van der Waals surface area contributed by atoms with Crippen molar-refractivity contribution in [3.05, 3.63) is 104 Å². The van der Waals surface area contributed by atoms with E-state index in [0.717, 1.165) is 24.3 Å². The van der Waals surface area contributed by atoms with Gasteiger partial charge in [-0.3, -0.25) is 34.5 Å². The molecule has 5 rings (SSSR count). The number of sulfonamides is 1. The highest BCUT2D eigenvalue weighted by Gasteiger charge is 2.37. The zero-order valence-electron chi connectivity index (χ0n) is 20.6. The Morgan fingerprint density at radius 2 is 1.35 bits per heavy atom. The number of hydrogen-bond acceptors (Lipinski definition) is 9. The molecular weight excluding hydrogens is 544 g/mol. The Bertz CT molecular complexity index is 1770. The van der Waals surface area contributed by atoms with Gasteiger partial charge in [0, 0.05) is 35.3 Å². The summed E-state index contributed by atoms with van der Waals surface area (Å²) in [6, 6.07) is 15.2. The Labute approximate surface area is 225 Å². The van der Waals surface area contributed by atoms with Crippen molar-refractivity contribution in [2.24, 2.45) is 0 Å². The second-order valence-corrected chi connectivity index (χ2v) is 10.3. The minimum absolute atomic E-state index is 0.00319. The molecule has 0 saturated heterocycles. The average Bonchev–Trinajstić information content (AvgIpc) is 2.92. The summed E-state index contributed by atoms with van der Waals surface area (Å²) in [6.07, 6.45) is 0. The van der Waals surface area contributed by atoms with E-state index in [2.05, 4.69) is 4.72 Å². The summed E-state index contributed by atoms with van der Waals surface area (Å²) in [5, 5.41) is 23.0. The van der Waals surface area contributed by atoms with E-state index >= 15 is 0 Å². The van der Waals surface area contributed by atoms with Crippen LogP contribution in [0.4, 0.5) is 22.7 Å². The molecule has 0 unspecified atom stereocenters. The van der Waals surface area contributed by atoms with Crippen LogP contribution in [-0.2, 0) is 10.0 Å². The normalized spacial score (nSPS) is 12.9. The van der Waals surface area contributed by atoms with Gasteiger partial charge in [0.05, 0.1) is 38.2 Å². The number of nitrogens with one attached hydrogen (secondary N) is 1. The molecule has 1 aliphatic heterocycles. The number of imide groups is 1. The fourth-order valence-corrected chi connectivity index (χ4v) is 5.43. The summed E-state index contributed by atoms with van der Waals surface area (Å²) in [5.74, 6) is -1.23. The summed E-state index contributed by atoms with van der Waals surface area (Å²) in [5.41, 5.74) is -1.12. The summed E-state index contributed by atoms with van der Waals surface area (Å²) < 4.78 is 33.6. The maximum Gasteiger partial charge on any atom is 0.270 e. The number of ether oxygens (including phenoxy) is 1. The van der Waals surface area contributed by atoms with Gasteiger partial charge < -0.3 is 4.74 Å². The van der Waals surface area contributed by atoms with Crippen LogP contribution in [-0.4, -0.2) is 36.7 Å². The third-order valence-corrected chi connectivity index (χ3v) is 7.53. The third-order valence-electron chi connectivity index (χ3n) is 6.13. The number of rotatable bonds is 8. The van der Waals surface area contributed by atoms with Crippen molar-refractivity contribution in [1.29, 1.82) is 0 Å². The predicted molar refractivity (Wildman–Crippen MR) is 143 cm³/mol. The first kappa shape index (κ1) is 26.2. The van der Waals surface area contributed by atoms with Crippen LogP contribution in [0.25, 0.3) is 10.8 Å². The molecule has 40 heavy (non-hydrogen) atoms. The summed E-state index contributed by atoms with van der Waals surface area (Å²) in [4.78, 5) is 48.8. The van der Waals surface area contributed by atoms with Crippen molar-refractivity contribution in [2.45, 2.75) is 11.8 Å². The first-order chi connectivity index (χ1) is 19.0. The van der Waals surface area contributed by atoms with Crippen LogP contribution in [0.15, 0.2) is 77.7 Å². The van der Waals surface area contributed by atoms with E-state index in [1.165, 1.54) is 36.4 Å². The highest BCUT2D eigenvalue weighted by Crippen LogP contribution is 2.38. The van der Waals surface area contributed by atoms with Crippen molar-refractivity contribution >= 4 is 55.4 Å². The van der Waals surface area contributed by atoms with E-state index in [9.17, 15) is 38.2 Å². The first-order valence-electron chi connectivity index (χ1n) is 11.7. The van der Waals surface area contributed by atoms with Gasteiger partial charge in [0.1, 0.15) is 5.75 Å². The van der Waals surface area contributed by atoms with Crippen molar-refractivity contribution in [3.63, 3.8) is 0 Å². The van der Waals surface area contributed by atoms with E-state index in [0.29, 0.717) is 17.3 Å². The molecule has 0 aliphatic carbocycles. The van der Waals surface area contributed by atoms with Crippen LogP contribution < -0.4 is 14.4 Å². The second kappa shape index (κ2) is 9.74. The number of nitro groups is 2. The average molecular weight is 563 g/mol. The molecule has 14 heteroatoms. The minimum Gasteiger partial charge on any atom is -0.494 e. The molecule has 4 aromatic carbocycles. The zero-order valence-corrected chi connectivity index (χ0v) is 21.4. The Hall–Kier alpha value is -5.37. The van der Waals surface area contributed by atoms with Gasteiger partial charge in [-0.15, -0.1) is 0 Å². The van der Waals surface area contributed by atoms with Crippen LogP contribution in [0.5, 0.6) is 5.75 Å². The van der Waals surface area contributed by atoms with Gasteiger partial charge >= 0.3 is 0 Å². The summed E-state index contributed by atoms with van der Waals surface area (Å²) >= 11 is 0. The number of nitro benzene ring substituents is 2. The van der Waals surface area contributed by atoms with Crippen LogP contribution in [0.2, 0.25) is 0 Å². The molecule has 0 bridgehead atoms. The SMILES string of the molecule is CCOc1ccc(NS(=O)(=O)c2ccc(N3C(=O)c4cc([N+](=O)[O-])cc5cc([N+](=O)[O-])cc(c45)C3=O)cc2)cc1. The van der Waals surface area contributed by atoms with Crippen molar-refractivity contribution in [1.82, 2.24) is 0 Å². The van der Waals surface area contributed by atoms with Crippen molar-refractivity contribution in [2.75, 3.05) is 16.2 Å². The molecule has 0 atom stereocenters. The smallest absolute Gasteiger partial charge is 0.270 e. The first-order valence-corrected chi connectivity index (χ1v) is 13.1. The van der Waals surface area contributed by atoms with E-state index in [1.807, 2.05) is 6.92 Å². The van der Waals surface area contributed by atoms with Gasteiger partial charge in [-0.1, -0.05) is 0 Å². The molecule has 0 radical (unpaired) electrons. The lowest BCUT2D eigenvalue weighted by atomic mass is 9.92. The Morgan fingerprint density at radius 1 is 0.825 bits per heavy atom. The highest BCUT2D eigenvalue weighted by atomic mass is 32.2. The number of anilines is 2. The Balaban J connectivity index is 1.51. The fourth-order valence-electron chi connectivity index (χ4n) is 4.37. The quantitative estimate of drug-likeness (QED) is 0.182. The van der Waals surface area contributed by atoms with Crippen LogP contribution >= 0.6 is 0 Å². The van der Waals surface area contributed by atoms with Crippen LogP contribution in [0, 0.1) is 20.2 Å². The summed E-state index contributed by atoms with van der Waals surface area (Å²) in [6.45, 7) is 2.27. The molecule has 0 fully saturated rings. The monoisotopic (exact) mass is 562 g/mol. The molecule has 202 valence electrons. The Kier molecular flexibility index (Phi) is 6.39. The topological polar surface area (TPSA) is 179 Å². The molecule has 2 amide bonds. The summed E-state index contributed by atoms with van der Waals surface area (Å²) in [7, 11) is -4.05. The number of carbonyl (C=O) groups is 2. The third kappa shape index (κ3) is 4.56. The molecule has 0 saturated carbocycles. The lowest BCUT2D eigenvalue weighted by Gasteiger charge is -2.27. The zero-order chi connectivity index (χ0) is 28.8. The molecule has 4 aromatic rings. The fraction of sp³-hybridized carbons (Fsp3) is 0.0769. The standard InChI is InChI=1S/C26H18N4O9S/c1-2-39-20-7-3-16(4-8-20)27-40(37,38)21-9-5-17(6-10-21)28-25(31)22-13-18(29(33)34)11-15-12-19(30(35)36)14-23(24(15)22)26(28)32/h3-14,27H,2H2,1H3. The van der Waals surface area contributed by atoms with E-state index in [4.69, 9.17) is 4.74 Å². The number of hydrogen-bond donors (Lipinski definition) is 1. The minimum atomic E-state index is -4.05. The molecule has 13 nitrogen and oxygen atoms in total. The van der Waals surface area contributed by atoms with Crippen LogP contribution in [0.1, 0.15) is 27.6 Å². The van der Waals surface area contributed by atoms with E-state index in [-0.39, 0.29) is 38.2 Å². The number of nitrogens with zero attached hydrogens (tertiary/aromatic N) is 3. The van der Waals surface area contributed by atoms with E-state index < -0.39 is 43.1 Å². The van der Waals surface area contributed by atoms with Crippen molar-refractivity contribution < 1.29 is 32.6 Å². The maximum absolute atomic E-state index is 13.4. The van der Waals surface area contributed by atoms with Crippen molar-refractivity contribution in [3.8, 4) is 5.75 Å². The molecular formula is C26H18N4O9S. The molecule has 1 N–H and O–H groups in total. The number of amides is 2. The highest BCUT2D eigenvalue weighted by molar-refractivity contribution is 7.92. The number of benzene rings is 4. The van der Waals surface area contributed by atoms with Gasteiger partial charge in [-0.2, -0.15) is 0 Å². The van der Waals surface area contributed by atoms with Gasteiger partial charge in [-0.25, -0.2) is 13.3 Å². The largest absolute Gasteiger partial charge is 0.494 e. The molecule has 1 aliphatic rings. The Morgan fingerprint density at radius 3 is 1.82 bits per heavy atom.